The van der Waals surface area contributed by atoms with E-state index in [4.69, 9.17) is 35.3 Å². The predicted octanol–water partition coefficient (Wildman–Crippen LogP) is 2.50. The van der Waals surface area contributed by atoms with Crippen molar-refractivity contribution < 1.29 is 47.7 Å². The number of fused-ring (bicyclic) bond motifs is 3. The lowest BCUT2D eigenvalue weighted by Gasteiger charge is -2.34. The van der Waals surface area contributed by atoms with Gasteiger partial charge in [-0.15, -0.1) is 10.2 Å². The van der Waals surface area contributed by atoms with Gasteiger partial charge in [0.2, 0.25) is 6.10 Å². The van der Waals surface area contributed by atoms with Gasteiger partial charge in [0, 0.05) is 45.0 Å². The van der Waals surface area contributed by atoms with Gasteiger partial charge in [-0.3, -0.25) is 28.4 Å². The maximum Gasteiger partial charge on any atom is 0.303 e. The Morgan fingerprint density at radius 3 is 1.97 bits per heavy atom. The minimum atomic E-state index is -1.63. The zero-order valence-electron chi connectivity index (χ0n) is 21.7. The van der Waals surface area contributed by atoms with Gasteiger partial charge in [-0.25, -0.2) is 0 Å². The lowest BCUT2D eigenvalue weighted by atomic mass is 10.0. The highest BCUT2D eigenvalue weighted by Crippen LogP contribution is 2.32. The number of ether oxygens (including phenoxy) is 5. The van der Waals surface area contributed by atoms with Gasteiger partial charge in [0.15, 0.2) is 29.8 Å². The van der Waals surface area contributed by atoms with Crippen LogP contribution in [0.25, 0.3) is 16.6 Å². The Hall–Kier alpha value is -4.26. The van der Waals surface area contributed by atoms with Crippen LogP contribution in [0.4, 0.5) is 0 Å². The molecular weight excluding hydrogens is 538 g/mol. The molecule has 0 unspecified atom stereocenters. The van der Waals surface area contributed by atoms with E-state index in [0.717, 1.165) is 34.6 Å². The van der Waals surface area contributed by atoms with Crippen LogP contribution >= 0.6 is 11.6 Å². The lowest BCUT2D eigenvalue weighted by Crippen LogP contribution is -2.50. The molecule has 0 saturated heterocycles. The summed E-state index contributed by atoms with van der Waals surface area (Å²) in [5, 5.41) is 9.48. The van der Waals surface area contributed by atoms with E-state index in [0.29, 0.717) is 21.6 Å². The van der Waals surface area contributed by atoms with E-state index in [1.807, 2.05) is 0 Å². The van der Waals surface area contributed by atoms with Crippen molar-refractivity contribution in [2.75, 3.05) is 6.61 Å². The number of nitrogens with zero attached hydrogens (tertiary/aromatic N) is 3. The number of carbonyl (C=O) groups is 5. The summed E-state index contributed by atoms with van der Waals surface area (Å²) in [5.74, 6) is -4.05. The summed E-state index contributed by atoms with van der Waals surface area (Å²) in [6, 6.07) is 8.43. The second-order valence-electron chi connectivity index (χ2n) is 8.42. The van der Waals surface area contributed by atoms with Gasteiger partial charge in [0.25, 0.3) is 0 Å². The molecule has 4 atom stereocenters. The predicted molar refractivity (Wildman–Crippen MR) is 133 cm³/mol. The first-order valence-electron chi connectivity index (χ1n) is 11.6. The minimum absolute atomic E-state index is 0.00872. The highest BCUT2D eigenvalue weighted by atomic mass is 35.5. The first-order valence-corrected chi connectivity index (χ1v) is 12.0. The van der Waals surface area contributed by atoms with E-state index < -0.39 is 60.9 Å². The molecule has 0 aliphatic rings. The lowest BCUT2D eigenvalue weighted by molar-refractivity contribution is -0.204. The zero-order valence-corrected chi connectivity index (χ0v) is 22.5. The van der Waals surface area contributed by atoms with Gasteiger partial charge in [-0.1, -0.05) is 11.6 Å². The number of aromatic nitrogens is 3. The van der Waals surface area contributed by atoms with E-state index in [-0.39, 0.29) is 5.82 Å². The number of esters is 5. The minimum Gasteiger partial charge on any atom is -0.462 e. The largest absolute Gasteiger partial charge is 0.462 e. The summed E-state index contributed by atoms with van der Waals surface area (Å²) in [7, 11) is 0. The fourth-order valence-corrected chi connectivity index (χ4v) is 4.15. The van der Waals surface area contributed by atoms with Crippen LogP contribution in [0.2, 0.25) is 5.02 Å². The quantitative estimate of drug-likeness (QED) is 0.262. The summed E-state index contributed by atoms with van der Waals surface area (Å²) in [6.07, 6.45) is -6.25. The molecule has 0 aliphatic carbocycles. The van der Waals surface area contributed by atoms with Crippen molar-refractivity contribution in [1.29, 1.82) is 0 Å². The molecule has 14 heteroatoms. The van der Waals surface area contributed by atoms with Gasteiger partial charge in [-0.2, -0.15) is 0 Å². The van der Waals surface area contributed by atoms with Gasteiger partial charge in [0.1, 0.15) is 6.61 Å². The third-order valence-corrected chi connectivity index (χ3v) is 5.50. The Kier molecular flexibility index (Phi) is 9.41. The first-order chi connectivity index (χ1) is 18.4. The molecule has 2 heterocycles. The van der Waals surface area contributed by atoms with E-state index in [9.17, 15) is 24.0 Å². The van der Waals surface area contributed by atoms with Crippen molar-refractivity contribution in [2.45, 2.75) is 59.0 Å². The van der Waals surface area contributed by atoms with Crippen LogP contribution < -0.4 is 0 Å². The maximum atomic E-state index is 12.3. The first kappa shape index (κ1) is 29.3. The Morgan fingerprint density at radius 2 is 1.38 bits per heavy atom. The van der Waals surface area contributed by atoms with Gasteiger partial charge in [0.05, 0.1) is 5.52 Å². The molecule has 39 heavy (non-hydrogen) atoms. The fraction of sp³-hybridized carbons (Fsp3) is 0.400. The SMILES string of the molecule is CC(=O)OC[C@@H](OC(C)=O)[C@H](OC(C)=O)[C@H](OC(C)=O)[C@@H](OC(C)=O)c1nnc2ccc3cc(Cl)ccc3n12. The topological polar surface area (TPSA) is 162 Å². The van der Waals surface area contributed by atoms with E-state index in [2.05, 4.69) is 10.2 Å². The van der Waals surface area contributed by atoms with Crippen molar-refractivity contribution in [1.82, 2.24) is 14.6 Å². The molecule has 0 bridgehead atoms. The number of pyridine rings is 1. The third-order valence-electron chi connectivity index (χ3n) is 5.26. The van der Waals surface area contributed by atoms with Crippen molar-refractivity contribution in [3.05, 3.63) is 41.2 Å². The van der Waals surface area contributed by atoms with Crippen LogP contribution in [0.15, 0.2) is 30.3 Å². The van der Waals surface area contributed by atoms with Crippen molar-refractivity contribution in [3.63, 3.8) is 0 Å². The standard InChI is InChI=1S/C25H26ClN3O10/c1-12(30)35-11-20(36-13(2)31)22(37-14(3)32)23(38-15(4)33)24(39-16(5)34)25-28-27-21-9-6-17-10-18(26)7-8-19(17)29(21)25/h6-10,20,22-24H,11H2,1-5H3/t20-,22+,23+,24-/m1/s1. The van der Waals surface area contributed by atoms with Crippen molar-refractivity contribution in [2.24, 2.45) is 0 Å². The van der Waals surface area contributed by atoms with Gasteiger partial charge in [-0.05, 0) is 30.3 Å². The Bertz CT molecular complexity index is 1420. The number of hydrogen-bond donors (Lipinski definition) is 0. The van der Waals surface area contributed by atoms with Crippen LogP contribution in [0, 0.1) is 0 Å². The van der Waals surface area contributed by atoms with E-state index in [1.54, 1.807) is 34.7 Å². The number of rotatable bonds is 10. The molecule has 0 saturated carbocycles. The third kappa shape index (κ3) is 7.41. The number of hydrogen-bond acceptors (Lipinski definition) is 12. The highest BCUT2D eigenvalue weighted by Gasteiger charge is 2.46. The van der Waals surface area contributed by atoms with Crippen molar-refractivity contribution >= 4 is 58.0 Å². The molecule has 3 rings (SSSR count). The second-order valence-corrected chi connectivity index (χ2v) is 8.85. The zero-order chi connectivity index (χ0) is 28.9. The molecule has 0 fully saturated rings. The smallest absolute Gasteiger partial charge is 0.303 e. The van der Waals surface area contributed by atoms with E-state index in [1.165, 1.54) is 0 Å². The molecule has 0 spiro atoms. The summed E-state index contributed by atoms with van der Waals surface area (Å²) in [5.41, 5.74) is 0.912. The number of benzene rings is 1. The number of halogens is 1. The average molecular weight is 564 g/mol. The normalized spacial score (nSPS) is 14.1. The Morgan fingerprint density at radius 1 is 0.769 bits per heavy atom. The Balaban J connectivity index is 2.26. The fourth-order valence-electron chi connectivity index (χ4n) is 3.97. The van der Waals surface area contributed by atoms with Crippen LogP contribution in [0.3, 0.4) is 0 Å². The summed E-state index contributed by atoms with van der Waals surface area (Å²) in [6.45, 7) is 4.89. The molecule has 2 aromatic heterocycles. The monoisotopic (exact) mass is 563 g/mol. The second kappa shape index (κ2) is 12.5. The molecule has 3 aromatic rings. The molecule has 0 amide bonds. The van der Waals surface area contributed by atoms with Crippen molar-refractivity contribution in [3.8, 4) is 0 Å². The summed E-state index contributed by atoms with van der Waals surface area (Å²) >= 11 is 6.15. The van der Waals surface area contributed by atoms with Gasteiger partial charge >= 0.3 is 29.8 Å². The highest BCUT2D eigenvalue weighted by molar-refractivity contribution is 6.31. The van der Waals surface area contributed by atoms with Crippen LogP contribution in [0.1, 0.15) is 46.5 Å². The maximum absolute atomic E-state index is 12.3. The molecule has 0 aliphatic heterocycles. The number of carbonyl (C=O) groups excluding carboxylic acids is 5. The average Bonchev–Trinajstić information content (AvgIpc) is 3.26. The Labute approximate surface area is 227 Å². The molecule has 1 aromatic carbocycles. The molecular formula is C25H26ClN3O10. The molecule has 0 radical (unpaired) electrons. The molecule has 13 nitrogen and oxygen atoms in total. The van der Waals surface area contributed by atoms with Crippen LogP contribution in [-0.4, -0.2) is 69.4 Å². The van der Waals surface area contributed by atoms with E-state index >= 15 is 0 Å². The summed E-state index contributed by atoms with van der Waals surface area (Å²) < 4.78 is 28.4. The van der Waals surface area contributed by atoms with Crippen LogP contribution in [-0.2, 0) is 47.7 Å². The molecule has 0 N–H and O–H groups in total. The van der Waals surface area contributed by atoms with Crippen LogP contribution in [0.5, 0.6) is 0 Å². The summed E-state index contributed by atoms with van der Waals surface area (Å²) in [4.78, 5) is 60.2. The molecule has 208 valence electrons. The van der Waals surface area contributed by atoms with Gasteiger partial charge < -0.3 is 23.7 Å².